The second-order valence-corrected chi connectivity index (χ2v) is 4.03. The molecule has 0 saturated heterocycles. The Hall–Kier alpha value is -1.25. The van der Waals surface area contributed by atoms with Crippen molar-refractivity contribution < 1.29 is 9.21 Å². The average molecular weight is 193 g/mol. The van der Waals surface area contributed by atoms with E-state index in [2.05, 4.69) is 5.32 Å². The van der Waals surface area contributed by atoms with Crippen LogP contribution in [0.1, 0.15) is 36.7 Å². The van der Waals surface area contributed by atoms with E-state index in [-0.39, 0.29) is 11.9 Å². The minimum Gasteiger partial charge on any atom is -0.459 e. The Morgan fingerprint density at radius 2 is 2.50 bits per heavy atom. The second kappa shape index (κ2) is 3.86. The molecule has 1 aromatic heterocycles. The third-order valence-corrected chi connectivity index (χ3v) is 2.51. The molecule has 2 rings (SSSR count). The predicted octanol–water partition coefficient (Wildman–Crippen LogP) is 2.20. The molecule has 0 spiro atoms. The van der Waals surface area contributed by atoms with Crippen molar-refractivity contribution in [1.82, 2.24) is 5.32 Å². The number of carbonyl (C=O) groups is 1. The van der Waals surface area contributed by atoms with Crippen LogP contribution in [0, 0.1) is 5.92 Å². The molecule has 3 nitrogen and oxygen atoms in total. The highest BCUT2D eigenvalue weighted by molar-refractivity contribution is 5.91. The zero-order valence-corrected chi connectivity index (χ0v) is 8.32. The third kappa shape index (κ3) is 2.37. The number of carbonyl (C=O) groups excluding carboxylic acids is 1. The molecule has 1 aromatic rings. The Bertz CT molecular complexity index is 301. The van der Waals surface area contributed by atoms with E-state index in [1.54, 1.807) is 12.1 Å². The van der Waals surface area contributed by atoms with Crippen molar-refractivity contribution in [3.63, 3.8) is 0 Å². The van der Waals surface area contributed by atoms with Gasteiger partial charge in [0, 0.05) is 6.04 Å². The lowest BCUT2D eigenvalue weighted by Crippen LogP contribution is -2.32. The van der Waals surface area contributed by atoms with Crippen molar-refractivity contribution in [1.29, 1.82) is 0 Å². The van der Waals surface area contributed by atoms with Gasteiger partial charge in [0.25, 0.3) is 5.91 Å². The van der Waals surface area contributed by atoms with Gasteiger partial charge in [0.2, 0.25) is 0 Å². The smallest absolute Gasteiger partial charge is 0.287 e. The molecule has 1 saturated carbocycles. The Balaban J connectivity index is 1.81. The number of furan rings is 1. The molecule has 1 atom stereocenters. The summed E-state index contributed by atoms with van der Waals surface area (Å²) in [6, 6.07) is 3.65. The lowest BCUT2D eigenvalue weighted by molar-refractivity contribution is 0.0909. The van der Waals surface area contributed by atoms with Crippen LogP contribution >= 0.6 is 0 Å². The van der Waals surface area contributed by atoms with Gasteiger partial charge in [0.1, 0.15) is 0 Å². The summed E-state index contributed by atoms with van der Waals surface area (Å²) in [6.45, 7) is 2.04. The van der Waals surface area contributed by atoms with Crippen molar-refractivity contribution in [3.8, 4) is 0 Å². The summed E-state index contributed by atoms with van der Waals surface area (Å²) in [4.78, 5) is 11.5. The standard InChI is InChI=1S/C11H15NO2/c1-8(7-9-4-5-9)12-11(13)10-3-2-6-14-10/h2-3,6,8-9H,4-5,7H2,1H3,(H,12,13). The molecule has 1 aliphatic carbocycles. The number of amides is 1. The SMILES string of the molecule is CC(CC1CC1)NC(=O)c1ccco1. The van der Waals surface area contributed by atoms with Crippen molar-refractivity contribution in [2.24, 2.45) is 5.92 Å². The molecule has 0 aliphatic heterocycles. The van der Waals surface area contributed by atoms with Gasteiger partial charge in [-0.15, -0.1) is 0 Å². The molecule has 1 unspecified atom stereocenters. The first-order valence-electron chi connectivity index (χ1n) is 5.10. The molecule has 3 heteroatoms. The van der Waals surface area contributed by atoms with Gasteiger partial charge in [-0.1, -0.05) is 12.8 Å². The Kier molecular flexibility index (Phi) is 2.57. The normalized spacial score (nSPS) is 17.8. The van der Waals surface area contributed by atoms with Gasteiger partial charge in [-0.25, -0.2) is 0 Å². The molecule has 0 aromatic carbocycles. The fourth-order valence-corrected chi connectivity index (χ4v) is 1.62. The molecule has 0 radical (unpaired) electrons. The first kappa shape index (κ1) is 9.31. The predicted molar refractivity (Wildman–Crippen MR) is 53.0 cm³/mol. The van der Waals surface area contributed by atoms with Crippen molar-refractivity contribution in [2.45, 2.75) is 32.2 Å². The fraction of sp³-hybridized carbons (Fsp3) is 0.545. The molecule has 0 bridgehead atoms. The van der Waals surface area contributed by atoms with Crippen molar-refractivity contribution in [2.75, 3.05) is 0 Å². The number of rotatable bonds is 4. The van der Waals surface area contributed by atoms with E-state index in [1.165, 1.54) is 19.1 Å². The van der Waals surface area contributed by atoms with E-state index in [4.69, 9.17) is 4.42 Å². The minimum atomic E-state index is -0.108. The zero-order valence-electron chi connectivity index (χ0n) is 8.32. The maximum absolute atomic E-state index is 11.5. The van der Waals surface area contributed by atoms with Crippen molar-refractivity contribution in [3.05, 3.63) is 24.2 Å². The minimum absolute atomic E-state index is 0.108. The Labute approximate surface area is 83.5 Å². The quantitative estimate of drug-likeness (QED) is 0.796. The second-order valence-electron chi connectivity index (χ2n) is 4.03. The Morgan fingerprint density at radius 3 is 3.07 bits per heavy atom. The van der Waals surface area contributed by atoms with Crippen LogP contribution in [-0.4, -0.2) is 11.9 Å². The lowest BCUT2D eigenvalue weighted by atomic mass is 10.1. The molecule has 1 fully saturated rings. The highest BCUT2D eigenvalue weighted by atomic mass is 16.3. The maximum atomic E-state index is 11.5. The number of nitrogens with one attached hydrogen (secondary N) is 1. The maximum Gasteiger partial charge on any atom is 0.287 e. The van der Waals surface area contributed by atoms with Gasteiger partial charge >= 0.3 is 0 Å². The summed E-state index contributed by atoms with van der Waals surface area (Å²) in [7, 11) is 0. The molecular formula is C11H15NO2. The molecule has 1 N–H and O–H groups in total. The molecular weight excluding hydrogens is 178 g/mol. The van der Waals surface area contributed by atoms with Crippen LogP contribution in [0.2, 0.25) is 0 Å². The van der Waals surface area contributed by atoms with Gasteiger partial charge in [0.05, 0.1) is 6.26 Å². The average Bonchev–Trinajstić information content (AvgIpc) is 2.80. The third-order valence-electron chi connectivity index (χ3n) is 2.51. The molecule has 14 heavy (non-hydrogen) atoms. The summed E-state index contributed by atoms with van der Waals surface area (Å²) in [5.74, 6) is 1.12. The Morgan fingerprint density at radius 1 is 1.71 bits per heavy atom. The van der Waals surface area contributed by atoms with E-state index in [0.29, 0.717) is 5.76 Å². The van der Waals surface area contributed by atoms with Crippen LogP contribution in [0.15, 0.2) is 22.8 Å². The number of hydrogen-bond acceptors (Lipinski definition) is 2. The molecule has 1 heterocycles. The van der Waals surface area contributed by atoms with E-state index in [0.717, 1.165) is 12.3 Å². The van der Waals surface area contributed by atoms with Gasteiger partial charge in [0.15, 0.2) is 5.76 Å². The highest BCUT2D eigenvalue weighted by Gasteiger charge is 2.24. The van der Waals surface area contributed by atoms with Crippen LogP contribution in [0.5, 0.6) is 0 Å². The molecule has 1 aliphatic rings. The lowest BCUT2D eigenvalue weighted by Gasteiger charge is -2.11. The summed E-state index contributed by atoms with van der Waals surface area (Å²) in [6.07, 6.45) is 5.24. The van der Waals surface area contributed by atoms with Gasteiger partial charge in [-0.05, 0) is 31.4 Å². The van der Waals surface area contributed by atoms with E-state index in [1.807, 2.05) is 6.92 Å². The summed E-state index contributed by atoms with van der Waals surface area (Å²) in [5.41, 5.74) is 0. The highest BCUT2D eigenvalue weighted by Crippen LogP contribution is 2.33. The van der Waals surface area contributed by atoms with Crippen LogP contribution in [-0.2, 0) is 0 Å². The van der Waals surface area contributed by atoms with Gasteiger partial charge in [-0.3, -0.25) is 4.79 Å². The van der Waals surface area contributed by atoms with Crippen LogP contribution in [0.25, 0.3) is 0 Å². The first-order valence-corrected chi connectivity index (χ1v) is 5.10. The van der Waals surface area contributed by atoms with Crippen LogP contribution in [0.3, 0.4) is 0 Å². The molecule has 76 valence electrons. The summed E-state index contributed by atoms with van der Waals surface area (Å²) in [5, 5.41) is 2.92. The van der Waals surface area contributed by atoms with Crippen molar-refractivity contribution >= 4 is 5.91 Å². The molecule has 1 amide bonds. The van der Waals surface area contributed by atoms with Gasteiger partial charge in [-0.2, -0.15) is 0 Å². The topological polar surface area (TPSA) is 42.2 Å². The largest absolute Gasteiger partial charge is 0.459 e. The number of hydrogen-bond donors (Lipinski definition) is 1. The monoisotopic (exact) mass is 193 g/mol. The van der Waals surface area contributed by atoms with Gasteiger partial charge < -0.3 is 9.73 Å². The van der Waals surface area contributed by atoms with E-state index >= 15 is 0 Å². The first-order chi connectivity index (χ1) is 6.75. The summed E-state index contributed by atoms with van der Waals surface area (Å²) < 4.78 is 5.00. The fourth-order valence-electron chi connectivity index (χ4n) is 1.62. The van der Waals surface area contributed by atoms with Crippen LogP contribution in [0.4, 0.5) is 0 Å². The zero-order chi connectivity index (χ0) is 9.97. The van der Waals surface area contributed by atoms with E-state index in [9.17, 15) is 4.79 Å². The summed E-state index contributed by atoms with van der Waals surface area (Å²) >= 11 is 0. The van der Waals surface area contributed by atoms with E-state index < -0.39 is 0 Å². The van der Waals surface area contributed by atoms with Crippen LogP contribution < -0.4 is 5.32 Å².